The molecular formula is C15H15F3N2OS. The number of nitrogens with zero attached hydrogens (tertiary/aromatic N) is 2. The second kappa shape index (κ2) is 6.56. The summed E-state index contributed by atoms with van der Waals surface area (Å²) in [6, 6.07) is 6.49. The molecule has 0 amide bonds. The number of aromatic nitrogens is 2. The fourth-order valence-electron chi connectivity index (χ4n) is 1.81. The summed E-state index contributed by atoms with van der Waals surface area (Å²) in [4.78, 5) is 16.1. The smallest absolute Gasteiger partial charge is 0.291 e. The van der Waals surface area contributed by atoms with Crippen LogP contribution in [0.2, 0.25) is 0 Å². The standard InChI is InChI=1S/C15H15F3N2OS/c1-3-12-8-13(21)20(2)14(19-12)22-9-10-4-6-11(7-5-10)15(16,17)18/h4-8H,3,9H2,1-2H3. The minimum Gasteiger partial charge on any atom is -0.291 e. The molecule has 0 saturated heterocycles. The summed E-state index contributed by atoms with van der Waals surface area (Å²) in [7, 11) is 1.63. The van der Waals surface area contributed by atoms with Crippen molar-refractivity contribution in [2.45, 2.75) is 30.4 Å². The van der Waals surface area contributed by atoms with E-state index in [0.717, 1.165) is 17.7 Å². The molecule has 2 rings (SSSR count). The Labute approximate surface area is 130 Å². The molecule has 0 aliphatic rings. The highest BCUT2D eigenvalue weighted by molar-refractivity contribution is 7.98. The molecule has 118 valence electrons. The van der Waals surface area contributed by atoms with E-state index in [1.165, 1.54) is 34.5 Å². The van der Waals surface area contributed by atoms with Crippen molar-refractivity contribution in [3.8, 4) is 0 Å². The summed E-state index contributed by atoms with van der Waals surface area (Å²) in [5, 5.41) is 0.559. The SMILES string of the molecule is CCc1cc(=O)n(C)c(SCc2ccc(C(F)(F)F)cc2)n1. The van der Waals surface area contributed by atoms with Crippen LogP contribution in [0, 0.1) is 0 Å². The Balaban J connectivity index is 2.13. The third kappa shape index (κ3) is 3.91. The first-order chi connectivity index (χ1) is 10.3. The molecule has 0 saturated carbocycles. The summed E-state index contributed by atoms with van der Waals surface area (Å²) in [5.41, 5.74) is 0.647. The summed E-state index contributed by atoms with van der Waals surface area (Å²) < 4.78 is 38.9. The van der Waals surface area contributed by atoms with Gasteiger partial charge in [0.2, 0.25) is 0 Å². The number of hydrogen-bond acceptors (Lipinski definition) is 3. The first-order valence-corrected chi connectivity index (χ1v) is 7.65. The van der Waals surface area contributed by atoms with Crippen molar-refractivity contribution in [3.63, 3.8) is 0 Å². The molecule has 22 heavy (non-hydrogen) atoms. The zero-order chi connectivity index (χ0) is 16.3. The van der Waals surface area contributed by atoms with Crippen LogP contribution in [0.1, 0.15) is 23.7 Å². The van der Waals surface area contributed by atoms with Crippen LogP contribution in [0.4, 0.5) is 13.2 Å². The van der Waals surface area contributed by atoms with Crippen LogP contribution in [-0.4, -0.2) is 9.55 Å². The lowest BCUT2D eigenvalue weighted by molar-refractivity contribution is -0.137. The Morgan fingerprint density at radius 3 is 2.41 bits per heavy atom. The van der Waals surface area contributed by atoms with Gasteiger partial charge in [-0.25, -0.2) is 4.98 Å². The van der Waals surface area contributed by atoms with E-state index in [1.54, 1.807) is 7.05 Å². The van der Waals surface area contributed by atoms with Crippen molar-refractivity contribution in [1.82, 2.24) is 9.55 Å². The van der Waals surface area contributed by atoms with Gasteiger partial charge in [-0.3, -0.25) is 9.36 Å². The van der Waals surface area contributed by atoms with E-state index in [2.05, 4.69) is 4.98 Å². The van der Waals surface area contributed by atoms with Crippen molar-refractivity contribution < 1.29 is 13.2 Å². The molecule has 0 unspecified atom stereocenters. The van der Waals surface area contributed by atoms with Crippen molar-refractivity contribution >= 4 is 11.8 Å². The molecule has 1 heterocycles. The van der Waals surface area contributed by atoms with Gasteiger partial charge in [-0.05, 0) is 24.1 Å². The second-order valence-corrected chi connectivity index (χ2v) is 5.71. The van der Waals surface area contributed by atoms with Gasteiger partial charge in [0.1, 0.15) is 0 Å². The van der Waals surface area contributed by atoms with Crippen molar-refractivity contribution in [2.24, 2.45) is 7.05 Å². The quantitative estimate of drug-likeness (QED) is 0.635. The van der Waals surface area contributed by atoms with Gasteiger partial charge >= 0.3 is 6.18 Å². The average molecular weight is 328 g/mol. The molecule has 0 bridgehead atoms. The number of benzene rings is 1. The fourth-order valence-corrected chi connectivity index (χ4v) is 2.77. The number of aryl methyl sites for hydroxylation is 1. The average Bonchev–Trinajstić information content (AvgIpc) is 2.48. The first-order valence-electron chi connectivity index (χ1n) is 6.67. The van der Waals surface area contributed by atoms with E-state index in [1.807, 2.05) is 6.92 Å². The predicted molar refractivity (Wildman–Crippen MR) is 79.9 cm³/mol. The lowest BCUT2D eigenvalue weighted by Crippen LogP contribution is -2.20. The van der Waals surface area contributed by atoms with Gasteiger partial charge in [-0.1, -0.05) is 30.8 Å². The molecule has 0 N–H and O–H groups in total. The minimum atomic E-state index is -4.33. The number of hydrogen-bond donors (Lipinski definition) is 0. The lowest BCUT2D eigenvalue weighted by Gasteiger charge is -2.09. The van der Waals surface area contributed by atoms with E-state index in [4.69, 9.17) is 0 Å². The molecule has 0 aliphatic carbocycles. The third-order valence-electron chi connectivity index (χ3n) is 3.16. The van der Waals surface area contributed by atoms with Gasteiger partial charge in [0.25, 0.3) is 5.56 Å². The van der Waals surface area contributed by atoms with Crippen molar-refractivity contribution in [1.29, 1.82) is 0 Å². The summed E-state index contributed by atoms with van der Waals surface area (Å²) in [5.74, 6) is 0.450. The van der Waals surface area contributed by atoms with E-state index in [-0.39, 0.29) is 5.56 Å². The van der Waals surface area contributed by atoms with Gasteiger partial charge in [-0.15, -0.1) is 0 Å². The fraction of sp³-hybridized carbons (Fsp3) is 0.333. The maximum atomic E-state index is 12.5. The molecule has 0 fully saturated rings. The number of alkyl halides is 3. The Bertz CT molecular complexity index is 708. The molecule has 3 nitrogen and oxygen atoms in total. The highest BCUT2D eigenvalue weighted by atomic mass is 32.2. The van der Waals surface area contributed by atoms with Gasteiger partial charge in [-0.2, -0.15) is 13.2 Å². The molecule has 0 aliphatic heterocycles. The molecule has 2 aromatic rings. The van der Waals surface area contributed by atoms with Crippen LogP contribution in [0.25, 0.3) is 0 Å². The van der Waals surface area contributed by atoms with Crippen molar-refractivity contribution in [3.05, 3.63) is 57.5 Å². The molecule has 0 radical (unpaired) electrons. The van der Waals surface area contributed by atoms with E-state index in [9.17, 15) is 18.0 Å². The molecule has 0 spiro atoms. The van der Waals surface area contributed by atoms with Gasteiger partial charge in [0.05, 0.1) is 5.56 Å². The highest BCUT2D eigenvalue weighted by Crippen LogP contribution is 2.30. The Morgan fingerprint density at radius 1 is 1.23 bits per heavy atom. The summed E-state index contributed by atoms with van der Waals surface area (Å²) >= 11 is 1.33. The summed E-state index contributed by atoms with van der Waals surface area (Å²) in [6.07, 6.45) is -3.67. The maximum Gasteiger partial charge on any atom is 0.416 e. The second-order valence-electron chi connectivity index (χ2n) is 4.76. The number of halogens is 3. The minimum absolute atomic E-state index is 0.137. The molecule has 1 aromatic heterocycles. The van der Waals surface area contributed by atoms with E-state index < -0.39 is 11.7 Å². The van der Waals surface area contributed by atoms with Gasteiger partial charge < -0.3 is 0 Å². The van der Waals surface area contributed by atoms with E-state index >= 15 is 0 Å². The maximum absolute atomic E-state index is 12.5. The Kier molecular flexibility index (Phi) is 4.95. The van der Waals surface area contributed by atoms with Crippen molar-refractivity contribution in [2.75, 3.05) is 0 Å². The Hall–Kier alpha value is -1.76. The van der Waals surface area contributed by atoms with Crippen LogP contribution in [0.15, 0.2) is 40.3 Å². The zero-order valence-corrected chi connectivity index (χ0v) is 13.0. The van der Waals surface area contributed by atoms with Crippen LogP contribution < -0.4 is 5.56 Å². The highest BCUT2D eigenvalue weighted by Gasteiger charge is 2.29. The van der Waals surface area contributed by atoms with Gasteiger partial charge in [0, 0.05) is 24.6 Å². The molecule has 0 atom stereocenters. The topological polar surface area (TPSA) is 34.9 Å². The predicted octanol–water partition coefficient (Wildman–Crippen LogP) is 3.65. The van der Waals surface area contributed by atoms with Crippen LogP contribution >= 0.6 is 11.8 Å². The van der Waals surface area contributed by atoms with Crippen LogP contribution in [-0.2, 0) is 25.4 Å². The lowest BCUT2D eigenvalue weighted by atomic mass is 10.1. The summed E-state index contributed by atoms with van der Waals surface area (Å²) in [6.45, 7) is 1.91. The monoisotopic (exact) mass is 328 g/mol. The normalized spacial score (nSPS) is 11.7. The van der Waals surface area contributed by atoms with E-state index in [0.29, 0.717) is 23.0 Å². The third-order valence-corrected chi connectivity index (χ3v) is 4.26. The molecular weight excluding hydrogens is 313 g/mol. The first kappa shape index (κ1) is 16.6. The number of rotatable bonds is 4. The van der Waals surface area contributed by atoms with Crippen LogP contribution in [0.5, 0.6) is 0 Å². The van der Waals surface area contributed by atoms with Crippen LogP contribution in [0.3, 0.4) is 0 Å². The molecule has 1 aromatic carbocycles. The Morgan fingerprint density at radius 2 is 1.86 bits per heavy atom. The zero-order valence-electron chi connectivity index (χ0n) is 12.1. The van der Waals surface area contributed by atoms with Gasteiger partial charge in [0.15, 0.2) is 5.16 Å². The largest absolute Gasteiger partial charge is 0.416 e. The number of thioether (sulfide) groups is 1. The molecule has 7 heteroatoms.